The molecule has 2 aromatic carbocycles. The van der Waals surface area contributed by atoms with Crippen molar-refractivity contribution in [2.75, 3.05) is 17.6 Å². The zero-order chi connectivity index (χ0) is 21.0. The molecule has 0 bridgehead atoms. The SMILES string of the molecule is CCOC(=O)[C@H]1C(=O)C=C(c2cccc(NS(C)(=O)=O)c2)C[C@H]1c1ccccc1. The number of ether oxygens (including phenoxy) is 1. The summed E-state index contributed by atoms with van der Waals surface area (Å²) >= 11 is 0. The van der Waals surface area contributed by atoms with Crippen LogP contribution in [0.5, 0.6) is 0 Å². The Balaban J connectivity index is 1.99. The number of allylic oxidation sites excluding steroid dienone is 2. The first-order valence-corrected chi connectivity index (χ1v) is 11.2. The zero-order valence-corrected chi connectivity index (χ0v) is 17.1. The molecule has 7 heteroatoms. The summed E-state index contributed by atoms with van der Waals surface area (Å²) in [5, 5.41) is 0. The first-order chi connectivity index (χ1) is 13.8. The Bertz CT molecular complexity index is 1040. The number of anilines is 1. The molecule has 0 unspecified atom stereocenters. The Morgan fingerprint density at radius 3 is 2.52 bits per heavy atom. The summed E-state index contributed by atoms with van der Waals surface area (Å²) in [6.07, 6.45) is 3.01. The Labute approximate surface area is 170 Å². The van der Waals surface area contributed by atoms with Gasteiger partial charge in [0.25, 0.3) is 0 Å². The van der Waals surface area contributed by atoms with Gasteiger partial charge in [0.15, 0.2) is 5.78 Å². The number of nitrogens with one attached hydrogen (secondary N) is 1. The van der Waals surface area contributed by atoms with Crippen molar-refractivity contribution >= 4 is 33.0 Å². The van der Waals surface area contributed by atoms with Crippen molar-refractivity contribution in [1.29, 1.82) is 0 Å². The first-order valence-electron chi connectivity index (χ1n) is 9.32. The molecule has 1 aliphatic carbocycles. The van der Waals surface area contributed by atoms with Gasteiger partial charge in [-0.3, -0.25) is 14.3 Å². The third kappa shape index (κ3) is 5.12. The Morgan fingerprint density at radius 2 is 1.86 bits per heavy atom. The van der Waals surface area contributed by atoms with Crippen LogP contribution >= 0.6 is 0 Å². The highest BCUT2D eigenvalue weighted by molar-refractivity contribution is 7.92. The molecule has 3 rings (SSSR count). The maximum Gasteiger partial charge on any atom is 0.317 e. The second-order valence-electron chi connectivity index (χ2n) is 6.98. The number of carbonyl (C=O) groups is 2. The fourth-order valence-electron chi connectivity index (χ4n) is 3.59. The van der Waals surface area contributed by atoms with Crippen molar-refractivity contribution in [3.8, 4) is 0 Å². The highest BCUT2D eigenvalue weighted by Crippen LogP contribution is 2.40. The molecule has 0 fully saturated rings. The average Bonchev–Trinajstić information content (AvgIpc) is 2.67. The van der Waals surface area contributed by atoms with E-state index in [1.807, 2.05) is 36.4 Å². The minimum Gasteiger partial charge on any atom is -0.465 e. The molecule has 0 aromatic heterocycles. The van der Waals surface area contributed by atoms with Gasteiger partial charge in [-0.15, -0.1) is 0 Å². The van der Waals surface area contributed by atoms with Crippen LogP contribution in [0.4, 0.5) is 5.69 Å². The summed E-state index contributed by atoms with van der Waals surface area (Å²) in [5.74, 6) is -2.07. The number of sulfonamides is 1. The van der Waals surface area contributed by atoms with Gasteiger partial charge in [0, 0.05) is 11.6 Å². The van der Waals surface area contributed by atoms with Crippen molar-refractivity contribution in [2.24, 2.45) is 5.92 Å². The molecule has 0 amide bonds. The molecule has 0 spiro atoms. The van der Waals surface area contributed by atoms with Gasteiger partial charge in [-0.1, -0.05) is 42.5 Å². The van der Waals surface area contributed by atoms with Gasteiger partial charge in [0.1, 0.15) is 5.92 Å². The van der Waals surface area contributed by atoms with Crippen molar-refractivity contribution < 1.29 is 22.7 Å². The summed E-state index contributed by atoms with van der Waals surface area (Å²) < 4.78 is 30.6. The number of esters is 1. The second-order valence-corrected chi connectivity index (χ2v) is 8.73. The lowest BCUT2D eigenvalue weighted by Crippen LogP contribution is -2.34. The van der Waals surface area contributed by atoms with Crippen molar-refractivity contribution in [3.05, 3.63) is 71.8 Å². The monoisotopic (exact) mass is 413 g/mol. The summed E-state index contributed by atoms with van der Waals surface area (Å²) in [5.41, 5.74) is 2.79. The van der Waals surface area contributed by atoms with Gasteiger partial charge < -0.3 is 4.74 Å². The number of hydrogen-bond acceptors (Lipinski definition) is 5. The highest BCUT2D eigenvalue weighted by atomic mass is 32.2. The van der Waals surface area contributed by atoms with Crippen molar-refractivity contribution in [1.82, 2.24) is 0 Å². The lowest BCUT2D eigenvalue weighted by molar-refractivity contribution is -0.151. The zero-order valence-electron chi connectivity index (χ0n) is 16.3. The Kier molecular flexibility index (Phi) is 6.17. The Hall–Kier alpha value is -2.93. The molecule has 152 valence electrons. The van der Waals surface area contributed by atoms with E-state index in [0.29, 0.717) is 12.1 Å². The van der Waals surface area contributed by atoms with Crippen LogP contribution in [0.25, 0.3) is 5.57 Å². The lowest BCUT2D eigenvalue weighted by atomic mass is 9.73. The van der Waals surface area contributed by atoms with E-state index in [1.54, 1.807) is 25.1 Å². The van der Waals surface area contributed by atoms with Crippen LogP contribution in [0.2, 0.25) is 0 Å². The second kappa shape index (κ2) is 8.61. The standard InChI is InChI=1S/C22H23NO5S/c1-3-28-22(25)21-19(15-8-5-4-6-9-15)13-17(14-20(21)24)16-10-7-11-18(12-16)23-29(2,26)27/h4-12,14,19,21,23H,3,13H2,1-2H3/t19-,21+/m0/s1. The van der Waals surface area contributed by atoms with Gasteiger partial charge in [-0.25, -0.2) is 8.42 Å². The van der Waals surface area contributed by atoms with E-state index < -0.39 is 21.9 Å². The predicted octanol–water partition coefficient (Wildman–Crippen LogP) is 3.38. The summed E-state index contributed by atoms with van der Waals surface area (Å²) in [6.45, 7) is 1.92. The van der Waals surface area contributed by atoms with Gasteiger partial charge in [0.05, 0.1) is 12.9 Å². The predicted molar refractivity (Wildman–Crippen MR) is 112 cm³/mol. The van der Waals surface area contributed by atoms with E-state index in [1.165, 1.54) is 6.08 Å². The number of rotatable bonds is 6. The van der Waals surface area contributed by atoms with Crippen LogP contribution in [0.1, 0.15) is 30.4 Å². The lowest BCUT2D eigenvalue weighted by Gasteiger charge is -2.29. The minimum absolute atomic E-state index is 0.208. The highest BCUT2D eigenvalue weighted by Gasteiger charge is 2.39. The van der Waals surface area contributed by atoms with Gasteiger partial charge in [0.2, 0.25) is 10.0 Å². The Morgan fingerprint density at radius 1 is 1.14 bits per heavy atom. The van der Waals surface area contributed by atoms with Crippen molar-refractivity contribution in [2.45, 2.75) is 19.3 Å². The van der Waals surface area contributed by atoms with E-state index in [2.05, 4.69) is 4.72 Å². The third-order valence-corrected chi connectivity index (χ3v) is 5.38. The topological polar surface area (TPSA) is 89.5 Å². The maximum absolute atomic E-state index is 12.9. The van der Waals surface area contributed by atoms with E-state index in [-0.39, 0.29) is 18.3 Å². The van der Waals surface area contributed by atoms with E-state index in [4.69, 9.17) is 4.74 Å². The van der Waals surface area contributed by atoms with Crippen LogP contribution in [0.15, 0.2) is 60.7 Å². The molecular formula is C22H23NO5S. The first kappa shape index (κ1) is 20.8. The summed E-state index contributed by atoms with van der Waals surface area (Å²) in [7, 11) is -3.41. The van der Waals surface area contributed by atoms with E-state index in [0.717, 1.165) is 23.0 Å². The number of hydrogen-bond donors (Lipinski definition) is 1. The molecule has 0 radical (unpaired) electrons. The number of carbonyl (C=O) groups excluding carboxylic acids is 2. The molecule has 0 aliphatic heterocycles. The smallest absolute Gasteiger partial charge is 0.317 e. The molecule has 2 aromatic rings. The van der Waals surface area contributed by atoms with Crippen LogP contribution < -0.4 is 4.72 Å². The fourth-order valence-corrected chi connectivity index (χ4v) is 4.15. The maximum atomic E-state index is 12.9. The molecule has 6 nitrogen and oxygen atoms in total. The number of ketones is 1. The molecule has 29 heavy (non-hydrogen) atoms. The average molecular weight is 413 g/mol. The molecule has 0 saturated heterocycles. The normalized spacial score (nSPS) is 19.4. The quantitative estimate of drug-likeness (QED) is 0.579. The van der Waals surface area contributed by atoms with Crippen LogP contribution in [-0.4, -0.2) is 33.0 Å². The largest absolute Gasteiger partial charge is 0.465 e. The minimum atomic E-state index is -3.41. The van der Waals surface area contributed by atoms with Crippen molar-refractivity contribution in [3.63, 3.8) is 0 Å². The molecular weight excluding hydrogens is 390 g/mol. The molecule has 1 aliphatic rings. The molecule has 2 atom stereocenters. The van der Waals surface area contributed by atoms with Crippen LogP contribution in [-0.2, 0) is 24.3 Å². The summed E-state index contributed by atoms with van der Waals surface area (Å²) in [4.78, 5) is 25.4. The fraction of sp³-hybridized carbons (Fsp3) is 0.273. The molecule has 0 heterocycles. The van der Waals surface area contributed by atoms with E-state index >= 15 is 0 Å². The van der Waals surface area contributed by atoms with Gasteiger partial charge >= 0.3 is 5.97 Å². The van der Waals surface area contributed by atoms with Gasteiger partial charge in [-0.05, 0) is 48.3 Å². The molecule has 0 saturated carbocycles. The third-order valence-electron chi connectivity index (χ3n) is 4.77. The van der Waals surface area contributed by atoms with E-state index in [9.17, 15) is 18.0 Å². The summed E-state index contributed by atoms with van der Waals surface area (Å²) in [6, 6.07) is 16.3. The van der Waals surface area contributed by atoms with Gasteiger partial charge in [-0.2, -0.15) is 0 Å². The molecule has 1 N–H and O–H groups in total. The van der Waals surface area contributed by atoms with Crippen LogP contribution in [0.3, 0.4) is 0 Å². The van der Waals surface area contributed by atoms with Crippen LogP contribution in [0, 0.1) is 5.92 Å². The number of benzene rings is 2.